The van der Waals surface area contributed by atoms with Crippen LogP contribution in [0.15, 0.2) is 53.6 Å². The lowest BCUT2D eigenvalue weighted by atomic mass is 10.2. The molecule has 0 aromatic heterocycles. The van der Waals surface area contributed by atoms with Gasteiger partial charge in [0, 0.05) is 22.0 Å². The van der Waals surface area contributed by atoms with Gasteiger partial charge in [-0.1, -0.05) is 30.3 Å². The molecule has 2 aromatic rings. The van der Waals surface area contributed by atoms with E-state index in [2.05, 4.69) is 38.4 Å². The number of hydrogen-bond acceptors (Lipinski definition) is 3. The number of anilines is 1. The maximum Gasteiger partial charge on any atom is 0.240 e. The van der Waals surface area contributed by atoms with Crippen molar-refractivity contribution < 1.29 is 14.0 Å². The third kappa shape index (κ3) is 5.73. The largest absolute Gasteiger partial charge is 0.325 e. The van der Waals surface area contributed by atoms with Crippen molar-refractivity contribution in [2.75, 3.05) is 5.32 Å². The van der Waals surface area contributed by atoms with Gasteiger partial charge >= 0.3 is 0 Å². The van der Waals surface area contributed by atoms with Gasteiger partial charge in [-0.25, -0.2) is 9.82 Å². The van der Waals surface area contributed by atoms with Crippen LogP contribution >= 0.6 is 22.6 Å². The van der Waals surface area contributed by atoms with E-state index < -0.39 is 11.7 Å². The predicted octanol–water partition coefficient (Wildman–Crippen LogP) is 3.30. The third-order valence-electron chi connectivity index (χ3n) is 3.03. The fraction of sp³-hybridized carbons (Fsp3) is 0.118. The number of nitrogens with zero attached hydrogens (tertiary/aromatic N) is 1. The summed E-state index contributed by atoms with van der Waals surface area (Å²) < 4.78 is 14.3. The summed E-state index contributed by atoms with van der Waals surface area (Å²) in [6.45, 7) is 0. The van der Waals surface area contributed by atoms with E-state index in [1.165, 1.54) is 12.3 Å². The second-order valence-corrected chi connectivity index (χ2v) is 6.00. The Morgan fingerprint density at radius 1 is 1.04 bits per heavy atom. The number of hydrogen-bond donors (Lipinski definition) is 2. The molecule has 0 heterocycles. The molecule has 2 aromatic carbocycles. The summed E-state index contributed by atoms with van der Waals surface area (Å²) >= 11 is 2.12. The van der Waals surface area contributed by atoms with Crippen molar-refractivity contribution in [1.82, 2.24) is 5.43 Å². The van der Waals surface area contributed by atoms with E-state index in [-0.39, 0.29) is 24.3 Å². The molecule has 0 unspecified atom stereocenters. The zero-order chi connectivity index (χ0) is 17.4. The fourth-order valence-electron chi connectivity index (χ4n) is 1.81. The molecule has 2 rings (SSSR count). The smallest absolute Gasteiger partial charge is 0.240 e. The summed E-state index contributed by atoms with van der Waals surface area (Å²) in [5.41, 5.74) is 3.25. The highest BCUT2D eigenvalue weighted by Gasteiger charge is 2.08. The van der Waals surface area contributed by atoms with Crippen LogP contribution in [0.25, 0.3) is 0 Å². The first-order chi connectivity index (χ1) is 11.6. The average Bonchev–Trinajstić information content (AvgIpc) is 2.57. The molecule has 0 aliphatic rings. The van der Waals surface area contributed by atoms with Crippen LogP contribution in [0.5, 0.6) is 0 Å². The van der Waals surface area contributed by atoms with Crippen molar-refractivity contribution in [1.29, 1.82) is 0 Å². The van der Waals surface area contributed by atoms with E-state index in [0.717, 1.165) is 3.57 Å². The molecule has 0 fully saturated rings. The SMILES string of the molecule is O=C(CCC(=O)Nc1ccccc1I)N/N=C/c1ccccc1F. The number of benzene rings is 2. The molecule has 7 heteroatoms. The molecule has 0 aliphatic carbocycles. The Hall–Kier alpha value is -2.29. The van der Waals surface area contributed by atoms with E-state index in [1.807, 2.05) is 18.2 Å². The number of para-hydroxylation sites is 1. The van der Waals surface area contributed by atoms with Gasteiger partial charge in [-0.3, -0.25) is 9.59 Å². The molecule has 124 valence electrons. The molecule has 5 nitrogen and oxygen atoms in total. The summed E-state index contributed by atoms with van der Waals surface area (Å²) in [6.07, 6.45) is 1.25. The number of carbonyl (C=O) groups excluding carboxylic acids is 2. The Balaban J connectivity index is 1.76. The lowest BCUT2D eigenvalue weighted by Crippen LogP contribution is -2.21. The summed E-state index contributed by atoms with van der Waals surface area (Å²) in [5, 5.41) is 6.42. The van der Waals surface area contributed by atoms with Gasteiger partial charge in [0.1, 0.15) is 5.82 Å². The molecule has 24 heavy (non-hydrogen) atoms. The molecule has 0 aliphatic heterocycles. The van der Waals surface area contributed by atoms with Crippen LogP contribution in [-0.2, 0) is 9.59 Å². The Morgan fingerprint density at radius 3 is 2.46 bits per heavy atom. The number of halogens is 2. The van der Waals surface area contributed by atoms with Crippen molar-refractivity contribution in [3.63, 3.8) is 0 Å². The van der Waals surface area contributed by atoms with Crippen LogP contribution in [0, 0.1) is 9.39 Å². The molecule has 0 radical (unpaired) electrons. The average molecular weight is 439 g/mol. The number of rotatable bonds is 6. The maximum absolute atomic E-state index is 13.4. The van der Waals surface area contributed by atoms with Crippen LogP contribution in [-0.4, -0.2) is 18.0 Å². The number of carbonyl (C=O) groups is 2. The van der Waals surface area contributed by atoms with Crippen LogP contribution in [0.3, 0.4) is 0 Å². The lowest BCUT2D eigenvalue weighted by Gasteiger charge is -2.06. The van der Waals surface area contributed by atoms with E-state index in [1.54, 1.807) is 24.3 Å². The van der Waals surface area contributed by atoms with Gasteiger partial charge < -0.3 is 5.32 Å². The first-order valence-electron chi connectivity index (χ1n) is 7.17. The highest BCUT2D eigenvalue weighted by atomic mass is 127. The van der Waals surface area contributed by atoms with E-state index in [4.69, 9.17) is 0 Å². The highest BCUT2D eigenvalue weighted by molar-refractivity contribution is 14.1. The van der Waals surface area contributed by atoms with Crippen molar-refractivity contribution in [2.45, 2.75) is 12.8 Å². The minimum atomic E-state index is -0.424. The molecule has 0 atom stereocenters. The zero-order valence-electron chi connectivity index (χ0n) is 12.6. The third-order valence-corrected chi connectivity index (χ3v) is 3.97. The Labute approximate surface area is 152 Å². The van der Waals surface area contributed by atoms with Crippen LogP contribution in [0.1, 0.15) is 18.4 Å². The van der Waals surface area contributed by atoms with Crippen molar-refractivity contribution in [2.24, 2.45) is 5.10 Å². The Bertz CT molecular complexity index is 765. The van der Waals surface area contributed by atoms with E-state index in [0.29, 0.717) is 5.69 Å². The Kier molecular flexibility index (Phi) is 6.86. The molecular formula is C17H15FIN3O2. The standard InChI is InChI=1S/C17H15FIN3O2/c18-13-6-2-1-5-12(13)11-20-22-17(24)10-9-16(23)21-15-8-4-3-7-14(15)19/h1-8,11H,9-10H2,(H,21,23)(H,22,24)/b20-11+. The molecule has 0 saturated carbocycles. The van der Waals surface area contributed by atoms with E-state index >= 15 is 0 Å². The topological polar surface area (TPSA) is 70.6 Å². The van der Waals surface area contributed by atoms with Gasteiger partial charge in [0.15, 0.2) is 0 Å². The first kappa shape index (κ1) is 18.1. The second-order valence-electron chi connectivity index (χ2n) is 4.84. The van der Waals surface area contributed by atoms with Gasteiger partial charge in [-0.15, -0.1) is 0 Å². The molecule has 0 saturated heterocycles. The normalized spacial score (nSPS) is 10.6. The van der Waals surface area contributed by atoms with Crippen LogP contribution < -0.4 is 10.7 Å². The van der Waals surface area contributed by atoms with Gasteiger partial charge in [0.2, 0.25) is 11.8 Å². The first-order valence-corrected chi connectivity index (χ1v) is 8.25. The van der Waals surface area contributed by atoms with Crippen LogP contribution in [0.4, 0.5) is 10.1 Å². The minimum Gasteiger partial charge on any atom is -0.325 e. The highest BCUT2D eigenvalue weighted by Crippen LogP contribution is 2.17. The molecule has 2 N–H and O–H groups in total. The van der Waals surface area contributed by atoms with Crippen molar-refractivity contribution in [3.05, 3.63) is 63.5 Å². The van der Waals surface area contributed by atoms with Crippen LogP contribution in [0.2, 0.25) is 0 Å². The molecule has 2 amide bonds. The summed E-state index contributed by atoms with van der Waals surface area (Å²) in [5.74, 6) is -1.10. The number of hydrazone groups is 1. The quantitative estimate of drug-likeness (QED) is 0.412. The number of amides is 2. The van der Waals surface area contributed by atoms with Gasteiger partial charge in [0.25, 0.3) is 0 Å². The van der Waals surface area contributed by atoms with Gasteiger partial charge in [0.05, 0.1) is 11.9 Å². The molecular weight excluding hydrogens is 424 g/mol. The monoisotopic (exact) mass is 439 g/mol. The summed E-state index contributed by atoms with van der Waals surface area (Å²) in [7, 11) is 0. The predicted molar refractivity (Wildman–Crippen MR) is 99.2 cm³/mol. The minimum absolute atomic E-state index is 0.0101. The summed E-state index contributed by atoms with van der Waals surface area (Å²) in [4.78, 5) is 23.5. The zero-order valence-corrected chi connectivity index (χ0v) is 14.8. The fourth-order valence-corrected chi connectivity index (χ4v) is 2.33. The second kappa shape index (κ2) is 9.11. The lowest BCUT2D eigenvalue weighted by molar-refractivity contribution is -0.124. The van der Waals surface area contributed by atoms with Crippen molar-refractivity contribution in [3.8, 4) is 0 Å². The van der Waals surface area contributed by atoms with Crippen molar-refractivity contribution >= 4 is 46.3 Å². The molecule has 0 spiro atoms. The number of nitrogens with one attached hydrogen (secondary N) is 2. The van der Waals surface area contributed by atoms with Gasteiger partial charge in [-0.2, -0.15) is 5.10 Å². The Morgan fingerprint density at radius 2 is 1.71 bits per heavy atom. The maximum atomic E-state index is 13.4. The van der Waals surface area contributed by atoms with Gasteiger partial charge in [-0.05, 0) is 40.8 Å². The summed E-state index contributed by atoms with van der Waals surface area (Å²) in [6, 6.07) is 13.4. The van der Waals surface area contributed by atoms with E-state index in [9.17, 15) is 14.0 Å². The molecule has 0 bridgehead atoms.